The number of nitrogens with one attached hydrogen (secondary N) is 1. The molecule has 0 saturated heterocycles. The molecule has 1 amide bonds. The highest BCUT2D eigenvalue weighted by Crippen LogP contribution is 2.18. The van der Waals surface area contributed by atoms with Crippen LogP contribution in [0.15, 0.2) is 24.3 Å². The van der Waals surface area contributed by atoms with Gasteiger partial charge in [-0.25, -0.2) is 8.42 Å². The maximum atomic E-state index is 12.0. The molecule has 0 saturated carbocycles. The maximum Gasteiger partial charge on any atom is 0.237 e. The van der Waals surface area contributed by atoms with Gasteiger partial charge in [-0.1, -0.05) is 45.0 Å². The standard InChI is InChI=1S/C15H24N2O3S/c1-15(2,3)13(16)14(18)17-9-11-7-5-6-8-12(11)10-21(4,19)20/h5-8,13H,9-10,16H2,1-4H3,(H,17,18)/t13-/m1/s1. The first-order chi connectivity index (χ1) is 9.50. The van der Waals surface area contributed by atoms with E-state index >= 15 is 0 Å². The van der Waals surface area contributed by atoms with E-state index in [-0.39, 0.29) is 23.6 Å². The van der Waals surface area contributed by atoms with Crippen LogP contribution in [0, 0.1) is 5.41 Å². The van der Waals surface area contributed by atoms with Crippen LogP contribution in [0.5, 0.6) is 0 Å². The summed E-state index contributed by atoms with van der Waals surface area (Å²) >= 11 is 0. The fraction of sp³-hybridized carbons (Fsp3) is 0.533. The molecular formula is C15H24N2O3S. The van der Waals surface area contributed by atoms with Crippen LogP contribution in [0.2, 0.25) is 0 Å². The number of hydrogen-bond donors (Lipinski definition) is 2. The van der Waals surface area contributed by atoms with Crippen molar-refractivity contribution in [1.29, 1.82) is 0 Å². The SMILES string of the molecule is CC(C)(C)[C@H](N)C(=O)NCc1ccccc1CS(C)(=O)=O. The van der Waals surface area contributed by atoms with Gasteiger partial charge in [0.25, 0.3) is 0 Å². The number of nitrogens with two attached hydrogens (primary N) is 1. The monoisotopic (exact) mass is 312 g/mol. The predicted molar refractivity (Wildman–Crippen MR) is 84.3 cm³/mol. The Morgan fingerprint density at radius 3 is 2.24 bits per heavy atom. The number of sulfone groups is 1. The van der Waals surface area contributed by atoms with Gasteiger partial charge in [-0.2, -0.15) is 0 Å². The third-order valence-electron chi connectivity index (χ3n) is 3.20. The van der Waals surface area contributed by atoms with Crippen LogP contribution in [-0.4, -0.2) is 26.6 Å². The van der Waals surface area contributed by atoms with Crippen LogP contribution < -0.4 is 11.1 Å². The van der Waals surface area contributed by atoms with Gasteiger partial charge in [-0.15, -0.1) is 0 Å². The van der Waals surface area contributed by atoms with Crippen LogP contribution in [0.3, 0.4) is 0 Å². The lowest BCUT2D eigenvalue weighted by Crippen LogP contribution is -2.48. The van der Waals surface area contributed by atoms with Gasteiger partial charge in [0, 0.05) is 12.8 Å². The van der Waals surface area contributed by atoms with Crippen molar-refractivity contribution < 1.29 is 13.2 Å². The Hall–Kier alpha value is -1.40. The summed E-state index contributed by atoms with van der Waals surface area (Å²) < 4.78 is 22.8. The minimum absolute atomic E-state index is 0.0373. The summed E-state index contributed by atoms with van der Waals surface area (Å²) in [5.74, 6) is -0.277. The van der Waals surface area contributed by atoms with Gasteiger partial charge in [-0.05, 0) is 16.5 Å². The second-order valence-corrected chi connectivity index (χ2v) is 8.54. The Morgan fingerprint density at radius 2 is 1.76 bits per heavy atom. The molecule has 118 valence electrons. The minimum Gasteiger partial charge on any atom is -0.351 e. The zero-order valence-electron chi connectivity index (χ0n) is 13.0. The fourth-order valence-electron chi connectivity index (χ4n) is 1.84. The minimum atomic E-state index is -3.12. The average Bonchev–Trinajstić information content (AvgIpc) is 2.33. The van der Waals surface area contributed by atoms with Crippen molar-refractivity contribution in [1.82, 2.24) is 5.32 Å². The van der Waals surface area contributed by atoms with Gasteiger partial charge in [0.2, 0.25) is 5.91 Å². The number of rotatable bonds is 5. The molecule has 0 heterocycles. The van der Waals surface area contributed by atoms with Crippen molar-refractivity contribution in [3.63, 3.8) is 0 Å². The van der Waals surface area contributed by atoms with Crippen LogP contribution in [0.1, 0.15) is 31.9 Å². The Kier molecular flexibility index (Phi) is 5.53. The molecule has 1 rings (SSSR count). The smallest absolute Gasteiger partial charge is 0.237 e. The van der Waals surface area contributed by atoms with Crippen molar-refractivity contribution in [3.05, 3.63) is 35.4 Å². The molecule has 1 aromatic rings. The van der Waals surface area contributed by atoms with Gasteiger partial charge < -0.3 is 11.1 Å². The second kappa shape index (κ2) is 6.58. The van der Waals surface area contributed by atoms with Crippen molar-refractivity contribution >= 4 is 15.7 Å². The molecule has 0 bridgehead atoms. The van der Waals surface area contributed by atoms with E-state index in [4.69, 9.17) is 5.73 Å². The topological polar surface area (TPSA) is 89.3 Å². The van der Waals surface area contributed by atoms with Gasteiger partial charge in [0.15, 0.2) is 9.84 Å². The quantitative estimate of drug-likeness (QED) is 0.855. The van der Waals surface area contributed by atoms with Crippen molar-refractivity contribution in [2.24, 2.45) is 11.1 Å². The Labute approximate surface area is 126 Å². The van der Waals surface area contributed by atoms with E-state index in [9.17, 15) is 13.2 Å². The molecule has 5 nitrogen and oxygen atoms in total. The van der Waals surface area contributed by atoms with Crippen molar-refractivity contribution in [2.45, 2.75) is 39.1 Å². The zero-order valence-corrected chi connectivity index (χ0v) is 13.8. The lowest BCUT2D eigenvalue weighted by molar-refractivity contribution is -0.124. The lowest BCUT2D eigenvalue weighted by atomic mass is 9.87. The van der Waals surface area contributed by atoms with E-state index in [1.54, 1.807) is 12.1 Å². The maximum absolute atomic E-state index is 12.0. The van der Waals surface area contributed by atoms with Gasteiger partial charge in [0.1, 0.15) is 0 Å². The van der Waals surface area contributed by atoms with Gasteiger partial charge in [0.05, 0.1) is 11.8 Å². The highest BCUT2D eigenvalue weighted by Gasteiger charge is 2.27. The molecule has 0 aliphatic heterocycles. The van der Waals surface area contributed by atoms with E-state index in [0.717, 1.165) is 5.56 Å². The van der Waals surface area contributed by atoms with E-state index in [1.807, 2.05) is 32.9 Å². The number of carbonyl (C=O) groups excluding carboxylic acids is 1. The Balaban J connectivity index is 2.79. The lowest BCUT2D eigenvalue weighted by Gasteiger charge is -2.26. The summed E-state index contributed by atoms with van der Waals surface area (Å²) in [6, 6.07) is 6.55. The third-order valence-corrected chi connectivity index (χ3v) is 4.04. The molecule has 6 heteroatoms. The predicted octanol–water partition coefficient (Wildman–Crippen LogP) is 1.22. The highest BCUT2D eigenvalue weighted by molar-refractivity contribution is 7.89. The zero-order chi connectivity index (χ0) is 16.3. The number of carbonyl (C=O) groups is 1. The van der Waals surface area contributed by atoms with Crippen LogP contribution in [0.25, 0.3) is 0 Å². The molecule has 1 atom stereocenters. The first-order valence-corrected chi connectivity index (χ1v) is 8.84. The van der Waals surface area contributed by atoms with Gasteiger partial charge >= 0.3 is 0 Å². The molecule has 0 aliphatic carbocycles. The summed E-state index contributed by atoms with van der Waals surface area (Å²) in [5.41, 5.74) is 7.06. The molecular weight excluding hydrogens is 288 g/mol. The molecule has 0 aromatic heterocycles. The number of benzene rings is 1. The van der Waals surface area contributed by atoms with Crippen molar-refractivity contribution in [3.8, 4) is 0 Å². The summed E-state index contributed by atoms with van der Waals surface area (Å²) in [4.78, 5) is 12.0. The van der Waals surface area contributed by atoms with E-state index < -0.39 is 15.9 Å². The molecule has 0 aliphatic rings. The summed E-state index contributed by atoms with van der Waals surface area (Å²) in [6.07, 6.45) is 1.19. The third kappa shape index (κ3) is 5.85. The van der Waals surface area contributed by atoms with E-state index in [0.29, 0.717) is 5.56 Å². The highest BCUT2D eigenvalue weighted by atomic mass is 32.2. The van der Waals surface area contributed by atoms with Crippen LogP contribution in [-0.2, 0) is 26.9 Å². The summed E-state index contributed by atoms with van der Waals surface area (Å²) in [6.45, 7) is 5.97. The molecule has 0 spiro atoms. The van der Waals surface area contributed by atoms with Crippen LogP contribution >= 0.6 is 0 Å². The fourth-order valence-corrected chi connectivity index (χ4v) is 2.69. The molecule has 1 aromatic carbocycles. The Morgan fingerprint density at radius 1 is 1.24 bits per heavy atom. The first-order valence-electron chi connectivity index (χ1n) is 6.78. The molecule has 21 heavy (non-hydrogen) atoms. The normalized spacial score (nSPS) is 13.8. The molecule has 0 radical (unpaired) electrons. The van der Waals surface area contributed by atoms with E-state index in [1.165, 1.54) is 6.26 Å². The van der Waals surface area contributed by atoms with Crippen LogP contribution in [0.4, 0.5) is 0 Å². The number of amides is 1. The molecule has 3 N–H and O–H groups in total. The second-order valence-electron chi connectivity index (χ2n) is 6.40. The average molecular weight is 312 g/mol. The molecule has 0 fully saturated rings. The molecule has 0 unspecified atom stereocenters. The first kappa shape index (κ1) is 17.7. The van der Waals surface area contributed by atoms with E-state index in [2.05, 4.69) is 5.32 Å². The largest absolute Gasteiger partial charge is 0.351 e. The summed E-state index contributed by atoms with van der Waals surface area (Å²) in [5, 5.41) is 2.77. The van der Waals surface area contributed by atoms with Crippen molar-refractivity contribution in [2.75, 3.05) is 6.26 Å². The summed E-state index contributed by atoms with van der Waals surface area (Å²) in [7, 11) is -3.12. The number of hydrogen-bond acceptors (Lipinski definition) is 4. The van der Waals surface area contributed by atoms with Gasteiger partial charge in [-0.3, -0.25) is 4.79 Å². The Bertz CT molecular complexity index is 604.